The van der Waals surface area contributed by atoms with E-state index in [9.17, 15) is 110 Å². The van der Waals surface area contributed by atoms with Crippen molar-refractivity contribution in [1.82, 2.24) is 41.6 Å². The molecule has 7 aliphatic carbocycles. The number of nitro groups is 4. The van der Waals surface area contributed by atoms with E-state index in [4.69, 9.17) is 27.8 Å². The van der Waals surface area contributed by atoms with Crippen LogP contribution in [-0.4, -0.2) is 224 Å². The summed E-state index contributed by atoms with van der Waals surface area (Å²) in [6, 6.07) is 31.9. The van der Waals surface area contributed by atoms with Crippen LogP contribution in [0.2, 0.25) is 6.82 Å². The number of aliphatic hydroxyl groups excluding tert-OH is 7. The number of fused-ring (bicyclic) bond motifs is 7. The standard InChI is InChI=1S/2C15H21N3O2.C14H18N2O5.C11H12N2O4.C11H14N2O2.C10H13BN2O4.C9H10N2O3.C4H9ClN.C2HClO.C2H3ClO.5Ac/c2*1-9(18(3)4)16-12-6-5-11-7-14(20)15(13(11)8-12)17-10(2)19;1-14(2,3)21-13(18)15-12-10-7-9(16(19)20)5-4-8(10)6-11(12)17;1-6(14)12-11-9-5-8(13(16)17)3-2-7(9)4-10(11)15;1-6(14)13-11-9-5-8(12)3-2-7(9)4-10(11)15;1-11(15)12-10-8-5-7(13(16)17)3-2-6(8)4-9(10)14;10-9-7-4-6(11(13)14)2-1-5(7)3-8(9)12;1-4(5)6(2)3;1-2-4-3;1-2(3)4;;;;;/h2*5-6,8,14-15,20H,7H2,1-4H3,(H,17,19);4-5,7,11-12,17H,6H2,1-3H3,(H,15,18);2-3,5,10-11,15H,4H2,1H3,(H,12,14);2-3,5,10-11,15H,4,12H2,1H3,(H,13,14);2-3,5,9-10,12,14-15H,4H2,1H3;1-2,4,8-9,12H,3,10H2;1-3H3;1H;1H3;;;;;/q;;;;;;;+1;;;;;;;. The molecule has 7 aromatic carbocycles. The van der Waals surface area contributed by atoms with E-state index in [-0.39, 0.29) is 290 Å². The molecule has 0 heterocycles. The van der Waals surface area contributed by atoms with E-state index < -0.39 is 105 Å². The summed E-state index contributed by atoms with van der Waals surface area (Å²) in [4.78, 5) is 119. The number of nitrogens with two attached hydrogens (primary N) is 2. The number of amides is 5. The van der Waals surface area contributed by atoms with Crippen LogP contribution in [0.4, 0.5) is 44.6 Å². The maximum atomic E-state index is 11.8. The fourth-order valence-corrected chi connectivity index (χ4v) is 15.1. The first-order valence-corrected chi connectivity index (χ1v) is 44.2. The van der Waals surface area contributed by atoms with E-state index in [1.807, 2.05) is 132 Å². The van der Waals surface area contributed by atoms with E-state index in [0.29, 0.717) is 72.9 Å². The Hall–Kier alpha value is -5.53. The Morgan fingerprint density at radius 3 is 0.923 bits per heavy atom. The molecule has 0 fully saturated rings. The van der Waals surface area contributed by atoms with Gasteiger partial charge in [-0.1, -0.05) is 48.9 Å². The number of carbonyl (C=O) groups is 6. The SMILES string of the molecule is C#COCl.CB(O)NC1c2cc([N+](=O)[O-])ccc2CC1O.CC(=O)Cl.CC(=O)NC1c2cc(N)ccc2CC1O.CC(=O)NC1c2cc(N=C(C)N(C)C)ccc2CC1O.CC(=O)NC1c2cc(N=C(C)N(C)C)ccc2CC1O.CC(=O)NC1c2cc([N+](=O)[O-])ccc2CC1O.CC(C)(C)OC(=O)NC1c2cc([N+](=O)[O-])ccc2CC1O.CC(Cl)=[N+](C)C.NC1c2cc([N+](=O)[O-])ccc2CC1O.[Ac].[Ac].[Ac].[Ac].[Ac]. The fraction of sp³-hybridized carbons (Fsp3) is 0.430. The number of rotatable bonds is 13. The van der Waals surface area contributed by atoms with Crippen LogP contribution in [0.5, 0.6) is 0 Å². The molecule has 14 unspecified atom stereocenters. The topological polar surface area (TPSA) is 614 Å². The number of alkyl carbamates (subject to hydrolysis) is 1. The maximum Gasteiger partial charge on any atom is 0.408 e. The number of carbonyl (C=O) groups excluding carboxylic acids is 6. The van der Waals surface area contributed by atoms with Crippen LogP contribution < -0.4 is 43.3 Å². The number of aliphatic imine (C=N–C) groups is 2. The van der Waals surface area contributed by atoms with Crippen molar-refractivity contribution >= 4 is 134 Å². The first-order valence-electron chi connectivity index (χ1n) is 43.2. The molecule has 50 heteroatoms. The molecule has 18 N–H and O–H groups in total. The zero-order valence-electron chi connectivity index (χ0n) is 82.6. The zero-order valence-corrected chi connectivity index (χ0v) is 109. The monoisotopic (exact) mass is 3110 g/mol. The number of amidine groups is 2. The number of terminal acetylenes is 1. The summed E-state index contributed by atoms with van der Waals surface area (Å²) in [5.74, 6) is 1.11. The summed E-state index contributed by atoms with van der Waals surface area (Å²) in [7, 11) is 10.8. The van der Waals surface area contributed by atoms with Crippen LogP contribution in [0, 0.1) is 273 Å². The van der Waals surface area contributed by atoms with Gasteiger partial charge < -0.3 is 103 Å². The number of hydrogen-bond acceptors (Lipinski definition) is 29. The quantitative estimate of drug-likeness (QED) is 0.00588. The number of benzene rings is 7. The van der Waals surface area contributed by atoms with Crippen LogP contribution in [0.25, 0.3) is 0 Å². The number of hydrogen-bond donors (Lipinski definition) is 16. The minimum absolute atomic E-state index is 0. The Kier molecular flexibility index (Phi) is 63.0. The molecular formula is C93H122Ac5BCl3N17O24+. The molecule has 143 heavy (non-hydrogen) atoms. The summed E-state index contributed by atoms with van der Waals surface area (Å²) < 4.78 is 10.5. The van der Waals surface area contributed by atoms with Gasteiger partial charge in [-0.2, -0.15) is 0 Å². The third-order valence-electron chi connectivity index (χ3n) is 22.0. The van der Waals surface area contributed by atoms with Gasteiger partial charge >= 0.3 is 13.1 Å². The van der Waals surface area contributed by atoms with Crippen LogP contribution >= 0.6 is 35.1 Å². The largest absolute Gasteiger partial charge is 0.444 e. The Bertz CT molecular complexity index is 5570. The van der Waals surface area contributed by atoms with Gasteiger partial charge in [0.1, 0.15) is 49.3 Å². The van der Waals surface area contributed by atoms with Gasteiger partial charge in [0.15, 0.2) is 0 Å². The van der Waals surface area contributed by atoms with Gasteiger partial charge in [0, 0.05) is 389 Å². The van der Waals surface area contributed by atoms with Crippen molar-refractivity contribution in [3.05, 3.63) is 246 Å². The third kappa shape index (κ3) is 44.5. The summed E-state index contributed by atoms with van der Waals surface area (Å²) in [6.07, 6.45) is 4.31. The van der Waals surface area contributed by atoms with Crippen molar-refractivity contribution in [2.45, 2.75) is 219 Å². The van der Waals surface area contributed by atoms with E-state index in [1.54, 1.807) is 58.0 Å². The minimum atomic E-state index is -0.825. The number of non-ortho nitro benzene ring substituents is 4. The van der Waals surface area contributed by atoms with Gasteiger partial charge in [-0.3, -0.25) is 64.4 Å². The molecule has 5 radical (unpaired) electrons. The predicted molar refractivity (Wildman–Crippen MR) is 523 cm³/mol. The number of ether oxygens (including phenoxy) is 1. The van der Waals surface area contributed by atoms with Gasteiger partial charge in [0.25, 0.3) is 22.7 Å². The molecule has 0 aromatic heterocycles. The zero-order chi connectivity index (χ0) is 104. The Balaban J connectivity index is 0.00000160. The van der Waals surface area contributed by atoms with Crippen molar-refractivity contribution in [1.29, 1.82) is 0 Å². The minimum Gasteiger partial charge on any atom is -0.444 e. The van der Waals surface area contributed by atoms with Crippen LogP contribution in [0.3, 0.4) is 0 Å². The van der Waals surface area contributed by atoms with E-state index in [2.05, 4.69) is 76.0 Å². The Morgan fingerprint density at radius 1 is 0.441 bits per heavy atom. The van der Waals surface area contributed by atoms with E-state index in [1.165, 1.54) is 83.1 Å². The molecule has 5 amide bonds. The number of nitrogens with one attached hydrogen (secondary N) is 6. The summed E-state index contributed by atoms with van der Waals surface area (Å²) in [6.45, 7) is 19.5. The predicted octanol–water partition coefficient (Wildman–Crippen LogP) is 9.11. The number of halogens is 3. The number of aliphatic hydroxyl groups is 7. The van der Waals surface area contributed by atoms with Crippen molar-refractivity contribution in [2.24, 2.45) is 15.7 Å². The van der Waals surface area contributed by atoms with Crippen molar-refractivity contribution in [3.63, 3.8) is 0 Å². The van der Waals surface area contributed by atoms with E-state index >= 15 is 0 Å². The average Bonchev–Trinajstić information content (AvgIpc) is 1.59. The number of anilines is 1. The Labute approximate surface area is 1020 Å². The Morgan fingerprint density at radius 2 is 0.671 bits per heavy atom. The smallest absolute Gasteiger partial charge is 0.408 e. The van der Waals surface area contributed by atoms with Gasteiger partial charge in [0.2, 0.25) is 34.0 Å². The number of nitrogens with zero attached hydrogens (tertiary/aromatic N) is 9. The molecular weight excluding hydrogens is 2990 g/mol. The first-order chi connectivity index (χ1) is 64.4. The summed E-state index contributed by atoms with van der Waals surface area (Å²) in [5.41, 5.74) is 24.9. The van der Waals surface area contributed by atoms with E-state index in [0.717, 1.165) is 83.9 Å². The summed E-state index contributed by atoms with van der Waals surface area (Å²) in [5, 5.41) is 138. The van der Waals surface area contributed by atoms with Crippen molar-refractivity contribution < 1.29 is 323 Å². The van der Waals surface area contributed by atoms with Gasteiger partial charge in [-0.05, 0) is 179 Å². The molecule has 761 valence electrons. The maximum absolute atomic E-state index is 11.8. The molecule has 7 aromatic rings. The number of nitro benzene ring substituents is 4. The molecule has 0 bridgehead atoms. The van der Waals surface area contributed by atoms with Crippen LogP contribution in [0.1, 0.15) is 196 Å². The van der Waals surface area contributed by atoms with Gasteiger partial charge in [-0.15, -0.1) is 0 Å². The van der Waals surface area contributed by atoms with Crippen molar-refractivity contribution in [3.8, 4) is 12.5 Å². The second kappa shape index (κ2) is 65.6. The molecule has 14 atom stereocenters. The summed E-state index contributed by atoms with van der Waals surface area (Å²) >= 11 is 14.5. The average molecular weight is 3110 g/mol. The molecule has 0 saturated carbocycles. The van der Waals surface area contributed by atoms with Crippen LogP contribution in [-0.2, 0) is 77.9 Å². The third-order valence-corrected chi connectivity index (χ3v) is 22.4. The van der Waals surface area contributed by atoms with Gasteiger partial charge in [0.05, 0.1) is 116 Å². The van der Waals surface area contributed by atoms with Gasteiger partial charge in [-0.25, -0.2) is 19.4 Å². The molecule has 7 aliphatic rings. The normalized spacial score (nSPS) is 19.9. The van der Waals surface area contributed by atoms with Crippen LogP contribution in [0.15, 0.2) is 137 Å². The first kappa shape index (κ1) is 137. The number of nitrogen functional groups attached to an aromatic ring is 1. The molecule has 0 spiro atoms. The molecule has 14 rings (SSSR count). The molecule has 0 saturated heterocycles. The second-order valence-electron chi connectivity index (χ2n) is 34.5. The molecule has 0 aliphatic heterocycles. The van der Waals surface area contributed by atoms with Crippen molar-refractivity contribution in [2.75, 3.05) is 48.0 Å². The fourth-order valence-electron chi connectivity index (χ4n) is 15.1. The second-order valence-corrected chi connectivity index (χ2v) is 35.8. The molecule has 41 nitrogen and oxygen atoms in total.